The maximum atomic E-state index is 14.2. The van der Waals surface area contributed by atoms with Crippen LogP contribution in [0, 0.1) is 11.6 Å². The van der Waals surface area contributed by atoms with Gasteiger partial charge in [-0.3, -0.25) is 4.57 Å². The van der Waals surface area contributed by atoms with E-state index >= 15 is 0 Å². The summed E-state index contributed by atoms with van der Waals surface area (Å²) in [7, 11) is 0. The molecular weight excluding hydrogens is 406 g/mol. The number of anilines is 3. The lowest BCUT2D eigenvalue weighted by Crippen LogP contribution is -2.23. The number of fused-ring (bicyclic) bond motifs is 1. The molecule has 1 saturated heterocycles. The van der Waals surface area contributed by atoms with Crippen molar-refractivity contribution in [1.82, 2.24) is 19.5 Å². The van der Waals surface area contributed by atoms with Crippen LogP contribution in [0.5, 0.6) is 0 Å². The summed E-state index contributed by atoms with van der Waals surface area (Å²) in [6, 6.07) is 3.83. The Morgan fingerprint density at radius 3 is 2.65 bits per heavy atom. The molecule has 0 bridgehead atoms. The molecule has 1 atom stereocenters. The fourth-order valence-electron chi connectivity index (χ4n) is 4.26. The maximum Gasteiger partial charge on any atom is 0.224 e. The second kappa shape index (κ2) is 9.11. The summed E-state index contributed by atoms with van der Waals surface area (Å²) in [5.74, 6) is -0.286. The van der Waals surface area contributed by atoms with Gasteiger partial charge in [0.05, 0.1) is 24.5 Å². The predicted molar refractivity (Wildman–Crippen MR) is 114 cm³/mol. The molecule has 1 unspecified atom stereocenters. The molecule has 0 spiro atoms. The van der Waals surface area contributed by atoms with Crippen molar-refractivity contribution in [1.29, 1.82) is 0 Å². The quantitative estimate of drug-likeness (QED) is 0.636. The van der Waals surface area contributed by atoms with E-state index < -0.39 is 11.6 Å². The Balaban J connectivity index is 0.00000231. The Labute approximate surface area is 178 Å². The number of halogens is 2. The second-order valence-electron chi connectivity index (χ2n) is 7.95. The number of hydrogen-bond donors (Lipinski definition) is 2. The Morgan fingerprint density at radius 1 is 1.06 bits per heavy atom. The van der Waals surface area contributed by atoms with E-state index in [9.17, 15) is 8.78 Å². The predicted octanol–water partition coefficient (Wildman–Crippen LogP) is 3.73. The molecule has 31 heavy (non-hydrogen) atoms. The lowest BCUT2D eigenvalue weighted by molar-refractivity contribution is 0.187. The minimum Gasteiger partial charge on any atom is -0.412 e. The highest BCUT2D eigenvalue weighted by Crippen LogP contribution is 2.31. The Kier molecular flexibility index (Phi) is 6.28. The fraction of sp³-hybridized carbons (Fsp3) is 0.476. The number of rotatable bonds is 5. The van der Waals surface area contributed by atoms with Gasteiger partial charge in [0.1, 0.15) is 17.2 Å². The maximum absolute atomic E-state index is 14.2. The third-order valence-electron chi connectivity index (χ3n) is 5.82. The van der Waals surface area contributed by atoms with Crippen molar-refractivity contribution in [3.63, 3.8) is 0 Å². The third-order valence-corrected chi connectivity index (χ3v) is 5.82. The van der Waals surface area contributed by atoms with Crippen LogP contribution < -0.4 is 10.6 Å². The minimum absolute atomic E-state index is 0. The zero-order valence-electron chi connectivity index (χ0n) is 17.1. The molecular formula is C21H26F2N6O2. The van der Waals surface area contributed by atoms with E-state index in [0.29, 0.717) is 42.3 Å². The molecule has 1 aromatic carbocycles. The highest BCUT2D eigenvalue weighted by Gasteiger charge is 2.25. The molecule has 1 saturated carbocycles. The first kappa shape index (κ1) is 21.4. The van der Waals surface area contributed by atoms with Gasteiger partial charge in [-0.2, -0.15) is 4.98 Å². The first-order valence-corrected chi connectivity index (χ1v) is 10.5. The summed E-state index contributed by atoms with van der Waals surface area (Å²) in [4.78, 5) is 13.8. The van der Waals surface area contributed by atoms with E-state index in [0.717, 1.165) is 25.3 Å². The fourth-order valence-corrected chi connectivity index (χ4v) is 4.26. The molecule has 0 amide bonds. The number of aromatic nitrogens is 4. The van der Waals surface area contributed by atoms with Gasteiger partial charge >= 0.3 is 0 Å². The van der Waals surface area contributed by atoms with Gasteiger partial charge in [0.15, 0.2) is 5.65 Å². The highest BCUT2D eigenvalue weighted by molar-refractivity contribution is 5.76. The number of imidazole rings is 1. The molecule has 0 radical (unpaired) electrons. The van der Waals surface area contributed by atoms with Gasteiger partial charge in [-0.05, 0) is 31.4 Å². The van der Waals surface area contributed by atoms with Gasteiger partial charge in [0.2, 0.25) is 11.9 Å². The summed E-state index contributed by atoms with van der Waals surface area (Å²) < 4.78 is 35.0. The summed E-state index contributed by atoms with van der Waals surface area (Å²) >= 11 is 0. The van der Waals surface area contributed by atoms with Crippen LogP contribution in [-0.4, -0.2) is 44.3 Å². The van der Waals surface area contributed by atoms with E-state index in [1.165, 1.54) is 31.4 Å². The largest absolute Gasteiger partial charge is 0.412 e. The molecule has 166 valence electrons. The van der Waals surface area contributed by atoms with E-state index in [2.05, 4.69) is 20.6 Å². The molecule has 3 heterocycles. The Bertz CT molecular complexity index is 1050. The first-order chi connectivity index (χ1) is 14.7. The lowest BCUT2D eigenvalue weighted by Gasteiger charge is -2.22. The number of nitrogens with one attached hydrogen (secondary N) is 2. The van der Waals surface area contributed by atoms with Crippen LogP contribution in [0.3, 0.4) is 0 Å². The zero-order valence-corrected chi connectivity index (χ0v) is 17.1. The summed E-state index contributed by atoms with van der Waals surface area (Å²) in [5.41, 5.74) is 1.44. The first-order valence-electron chi connectivity index (χ1n) is 10.5. The standard InChI is InChI=1S/C21H24F2N6O.H2O/c22-13-6-7-17(16(23)10-13)26-21-27-18-11-24-20(25-14-4-2-1-3-5-14)28-19(18)29(21)15-8-9-30-12-15;/h6-7,10-11,14-15H,1-5,8-9,12H2,(H,26,27)(H,24,25,28);1H2. The van der Waals surface area contributed by atoms with Crippen molar-refractivity contribution in [2.24, 2.45) is 0 Å². The monoisotopic (exact) mass is 432 g/mol. The summed E-state index contributed by atoms with van der Waals surface area (Å²) in [6.45, 7) is 1.17. The van der Waals surface area contributed by atoms with Crippen LogP contribution >= 0.6 is 0 Å². The van der Waals surface area contributed by atoms with Gasteiger partial charge in [-0.25, -0.2) is 18.7 Å². The smallest absolute Gasteiger partial charge is 0.224 e. The van der Waals surface area contributed by atoms with Crippen molar-refractivity contribution < 1.29 is 19.0 Å². The molecule has 2 fully saturated rings. The zero-order chi connectivity index (χ0) is 20.5. The van der Waals surface area contributed by atoms with Crippen LogP contribution in [-0.2, 0) is 4.74 Å². The number of ether oxygens (including phenoxy) is 1. The van der Waals surface area contributed by atoms with Crippen molar-refractivity contribution in [3.8, 4) is 0 Å². The number of benzene rings is 1. The van der Waals surface area contributed by atoms with Crippen LogP contribution in [0.15, 0.2) is 24.4 Å². The van der Waals surface area contributed by atoms with Gasteiger partial charge in [0, 0.05) is 18.7 Å². The van der Waals surface area contributed by atoms with Crippen LogP contribution in [0.25, 0.3) is 11.2 Å². The molecule has 1 aliphatic carbocycles. The van der Waals surface area contributed by atoms with Gasteiger partial charge in [-0.15, -0.1) is 0 Å². The second-order valence-corrected chi connectivity index (χ2v) is 7.95. The van der Waals surface area contributed by atoms with Crippen LogP contribution in [0.1, 0.15) is 44.6 Å². The topological polar surface area (TPSA) is 108 Å². The van der Waals surface area contributed by atoms with Gasteiger partial charge in [0.25, 0.3) is 0 Å². The number of nitrogens with zero attached hydrogens (tertiary/aromatic N) is 4. The van der Waals surface area contributed by atoms with Crippen molar-refractivity contribution in [2.45, 2.75) is 50.6 Å². The van der Waals surface area contributed by atoms with Crippen LogP contribution in [0.2, 0.25) is 0 Å². The normalized spacial score (nSPS) is 19.4. The molecule has 4 N–H and O–H groups in total. The van der Waals surface area contributed by atoms with Gasteiger partial charge < -0.3 is 20.8 Å². The van der Waals surface area contributed by atoms with Gasteiger partial charge in [-0.1, -0.05) is 19.3 Å². The molecule has 8 nitrogen and oxygen atoms in total. The molecule has 2 aromatic heterocycles. The minimum atomic E-state index is -0.679. The van der Waals surface area contributed by atoms with E-state index in [1.807, 2.05) is 4.57 Å². The SMILES string of the molecule is Fc1ccc(Nc2nc3cnc(NC4CCCCC4)nc3n2C2CCOC2)c(F)c1.O. The van der Waals surface area contributed by atoms with Crippen molar-refractivity contribution in [3.05, 3.63) is 36.0 Å². The number of hydrogen-bond acceptors (Lipinski definition) is 6. The third kappa shape index (κ3) is 4.45. The van der Waals surface area contributed by atoms with Crippen LogP contribution in [0.4, 0.5) is 26.4 Å². The molecule has 3 aromatic rings. The highest BCUT2D eigenvalue weighted by atomic mass is 19.1. The molecule has 5 rings (SSSR count). The average Bonchev–Trinajstić information content (AvgIpc) is 3.38. The van der Waals surface area contributed by atoms with Crippen molar-refractivity contribution in [2.75, 3.05) is 23.8 Å². The summed E-state index contributed by atoms with van der Waals surface area (Å²) in [5, 5.41) is 6.45. The molecule has 1 aliphatic heterocycles. The Morgan fingerprint density at radius 2 is 1.90 bits per heavy atom. The Hall–Kier alpha value is -2.85. The summed E-state index contributed by atoms with van der Waals surface area (Å²) in [6.07, 6.45) is 8.44. The van der Waals surface area contributed by atoms with E-state index in [-0.39, 0.29) is 17.2 Å². The molecule has 10 heteroatoms. The lowest BCUT2D eigenvalue weighted by atomic mass is 9.96. The molecule has 2 aliphatic rings. The van der Waals surface area contributed by atoms with E-state index in [4.69, 9.17) is 9.72 Å². The average molecular weight is 432 g/mol. The van der Waals surface area contributed by atoms with E-state index in [1.54, 1.807) is 6.20 Å². The van der Waals surface area contributed by atoms with Crippen molar-refractivity contribution >= 4 is 28.7 Å².